The average Bonchev–Trinajstić information content (AvgIpc) is 2.01. The second-order valence-corrected chi connectivity index (χ2v) is 2.72. The second kappa shape index (κ2) is 6.42. The van der Waals surface area contributed by atoms with E-state index in [1.807, 2.05) is 0 Å². The number of halogens is 1. The molecule has 0 aromatic carbocycles. The van der Waals surface area contributed by atoms with Crippen LogP contribution in [0.4, 0.5) is 0 Å². The Hall–Kier alpha value is -0.100. The van der Waals surface area contributed by atoms with Crippen molar-refractivity contribution in [3.05, 3.63) is 11.6 Å². The van der Waals surface area contributed by atoms with Crippen molar-refractivity contribution in [2.24, 2.45) is 5.16 Å². The average molecular weight is 282 g/mol. The molecule has 0 unspecified atom stereocenters. The van der Waals surface area contributed by atoms with Crippen LogP contribution in [0.2, 0.25) is 0 Å². The lowest BCUT2D eigenvalue weighted by Gasteiger charge is -2.20. The molecular weight excluding hydrogens is 267 g/mol. The summed E-state index contributed by atoms with van der Waals surface area (Å²) >= 11 is 0. The maximum Gasteiger partial charge on any atom is 0.106 e. The third kappa shape index (κ3) is 4.06. The molecule has 1 aliphatic heterocycles. The van der Waals surface area contributed by atoms with Gasteiger partial charge in [0.2, 0.25) is 0 Å². The van der Waals surface area contributed by atoms with Crippen LogP contribution in [0.15, 0.2) is 16.8 Å². The molecule has 3 nitrogen and oxygen atoms in total. The van der Waals surface area contributed by atoms with Crippen molar-refractivity contribution in [2.45, 2.75) is 6.42 Å². The molecule has 0 aromatic rings. The molecule has 0 spiro atoms. The second-order valence-electron chi connectivity index (χ2n) is 2.72. The molecule has 0 amide bonds. The summed E-state index contributed by atoms with van der Waals surface area (Å²) in [5.41, 5.74) is 1.24. The third-order valence-corrected chi connectivity index (χ3v) is 1.69. The molecule has 0 saturated carbocycles. The molecule has 0 N–H and O–H groups in total. The van der Waals surface area contributed by atoms with Crippen LogP contribution < -0.4 is 0 Å². The van der Waals surface area contributed by atoms with E-state index in [0.717, 1.165) is 19.5 Å². The summed E-state index contributed by atoms with van der Waals surface area (Å²) in [6, 6.07) is 0. The zero-order chi connectivity index (χ0) is 8.10. The summed E-state index contributed by atoms with van der Waals surface area (Å²) in [6.07, 6.45) is 5.08. The van der Waals surface area contributed by atoms with Crippen molar-refractivity contribution in [1.29, 1.82) is 0 Å². The van der Waals surface area contributed by atoms with E-state index in [4.69, 9.17) is 0 Å². The molecule has 70 valence electrons. The van der Waals surface area contributed by atoms with Crippen LogP contribution in [0.3, 0.4) is 0 Å². The fourth-order valence-corrected chi connectivity index (χ4v) is 1.14. The van der Waals surface area contributed by atoms with Crippen LogP contribution >= 0.6 is 24.0 Å². The number of nitrogens with zero attached hydrogens (tertiary/aromatic N) is 2. The Labute approximate surface area is 90.5 Å². The first kappa shape index (κ1) is 11.9. The van der Waals surface area contributed by atoms with Gasteiger partial charge in [0.15, 0.2) is 0 Å². The quantitative estimate of drug-likeness (QED) is 0.435. The highest BCUT2D eigenvalue weighted by atomic mass is 127. The van der Waals surface area contributed by atoms with Crippen molar-refractivity contribution in [2.75, 3.05) is 27.2 Å². The molecule has 0 bridgehead atoms. The minimum atomic E-state index is 0. The predicted molar refractivity (Wildman–Crippen MR) is 61.1 cm³/mol. The van der Waals surface area contributed by atoms with Gasteiger partial charge in [-0.1, -0.05) is 11.2 Å². The maximum absolute atomic E-state index is 4.59. The van der Waals surface area contributed by atoms with Gasteiger partial charge in [-0.3, -0.25) is 0 Å². The highest BCUT2D eigenvalue weighted by Gasteiger charge is 2.05. The summed E-state index contributed by atoms with van der Waals surface area (Å²) in [5.74, 6) is 0. The van der Waals surface area contributed by atoms with Crippen LogP contribution in [-0.4, -0.2) is 38.4 Å². The number of rotatable bonds is 2. The minimum absolute atomic E-state index is 0. The lowest BCUT2D eigenvalue weighted by molar-refractivity contribution is 0.215. The molecule has 0 saturated heterocycles. The fourth-order valence-electron chi connectivity index (χ4n) is 1.14. The van der Waals surface area contributed by atoms with Crippen LogP contribution in [0.25, 0.3) is 0 Å². The number of hydrogen-bond acceptors (Lipinski definition) is 3. The Kier molecular flexibility index (Phi) is 6.37. The molecular formula is C8H15IN2O. The van der Waals surface area contributed by atoms with E-state index >= 15 is 0 Å². The van der Waals surface area contributed by atoms with Gasteiger partial charge in [0.1, 0.15) is 7.11 Å². The first-order chi connectivity index (χ1) is 5.33. The van der Waals surface area contributed by atoms with Crippen molar-refractivity contribution in [3.63, 3.8) is 0 Å². The summed E-state index contributed by atoms with van der Waals surface area (Å²) in [6.45, 7) is 2.12. The van der Waals surface area contributed by atoms with E-state index in [1.54, 1.807) is 13.3 Å². The molecule has 12 heavy (non-hydrogen) atoms. The molecule has 1 heterocycles. The first-order valence-corrected chi connectivity index (χ1v) is 3.77. The van der Waals surface area contributed by atoms with Crippen molar-refractivity contribution in [3.8, 4) is 0 Å². The van der Waals surface area contributed by atoms with E-state index in [0.29, 0.717) is 0 Å². The summed E-state index contributed by atoms with van der Waals surface area (Å²) in [7, 11) is 3.66. The monoisotopic (exact) mass is 282 g/mol. The number of hydrogen-bond donors (Lipinski definition) is 0. The van der Waals surface area contributed by atoms with Crippen LogP contribution in [0.1, 0.15) is 6.42 Å². The van der Waals surface area contributed by atoms with Crippen molar-refractivity contribution >= 4 is 30.2 Å². The standard InChI is InChI=1S/C8H14N2O.HI/c1-10-5-3-4-8(7-10)6-9-11-2;/h4,6H,3,5,7H2,1-2H3;1H/b9-6+;. The molecule has 0 fully saturated rings. The lowest BCUT2D eigenvalue weighted by Crippen LogP contribution is -2.25. The highest BCUT2D eigenvalue weighted by molar-refractivity contribution is 14.0. The highest BCUT2D eigenvalue weighted by Crippen LogP contribution is 2.04. The summed E-state index contributed by atoms with van der Waals surface area (Å²) in [4.78, 5) is 6.85. The van der Waals surface area contributed by atoms with Gasteiger partial charge in [-0.05, 0) is 19.0 Å². The maximum atomic E-state index is 4.59. The Balaban J connectivity index is 0.00000121. The molecule has 0 atom stereocenters. The Morgan fingerprint density at radius 1 is 1.67 bits per heavy atom. The van der Waals surface area contributed by atoms with E-state index in [9.17, 15) is 0 Å². The smallest absolute Gasteiger partial charge is 0.106 e. The van der Waals surface area contributed by atoms with E-state index < -0.39 is 0 Å². The van der Waals surface area contributed by atoms with E-state index in [1.165, 1.54) is 5.57 Å². The van der Waals surface area contributed by atoms with Crippen LogP contribution in [0, 0.1) is 0 Å². The van der Waals surface area contributed by atoms with Crippen LogP contribution in [0.5, 0.6) is 0 Å². The SMILES string of the molecule is CO/N=C/C1=CCCN(C)C1.I. The molecule has 0 aliphatic carbocycles. The minimum Gasteiger partial charge on any atom is -0.399 e. The van der Waals surface area contributed by atoms with Gasteiger partial charge in [-0.15, -0.1) is 24.0 Å². The topological polar surface area (TPSA) is 24.8 Å². The van der Waals surface area contributed by atoms with Gasteiger partial charge in [0.05, 0.1) is 6.21 Å². The van der Waals surface area contributed by atoms with E-state index in [-0.39, 0.29) is 24.0 Å². The van der Waals surface area contributed by atoms with Gasteiger partial charge in [-0.2, -0.15) is 0 Å². The zero-order valence-corrected chi connectivity index (χ0v) is 9.82. The Morgan fingerprint density at radius 3 is 3.00 bits per heavy atom. The Morgan fingerprint density at radius 2 is 2.42 bits per heavy atom. The summed E-state index contributed by atoms with van der Waals surface area (Å²) in [5, 5.41) is 3.71. The molecule has 1 rings (SSSR count). The van der Waals surface area contributed by atoms with Gasteiger partial charge in [0, 0.05) is 13.1 Å². The van der Waals surface area contributed by atoms with Crippen molar-refractivity contribution < 1.29 is 4.84 Å². The van der Waals surface area contributed by atoms with E-state index in [2.05, 4.69) is 28.0 Å². The predicted octanol–water partition coefficient (Wildman–Crippen LogP) is 1.50. The normalized spacial score (nSPS) is 18.7. The molecule has 0 radical (unpaired) electrons. The fraction of sp³-hybridized carbons (Fsp3) is 0.625. The number of oxime groups is 1. The van der Waals surface area contributed by atoms with Gasteiger partial charge >= 0.3 is 0 Å². The number of likely N-dealkylation sites (N-methyl/N-ethyl adjacent to an activating group) is 1. The lowest BCUT2D eigenvalue weighted by atomic mass is 10.1. The Bertz CT molecular complexity index is 180. The van der Waals surface area contributed by atoms with Crippen molar-refractivity contribution in [1.82, 2.24) is 4.90 Å². The van der Waals surface area contributed by atoms with Crippen LogP contribution in [-0.2, 0) is 4.84 Å². The molecule has 0 aromatic heterocycles. The first-order valence-electron chi connectivity index (χ1n) is 3.77. The zero-order valence-electron chi connectivity index (χ0n) is 7.49. The summed E-state index contributed by atoms with van der Waals surface area (Å²) < 4.78 is 0. The van der Waals surface area contributed by atoms with Gasteiger partial charge in [-0.25, -0.2) is 0 Å². The van der Waals surface area contributed by atoms with Gasteiger partial charge in [0.25, 0.3) is 0 Å². The molecule has 1 aliphatic rings. The third-order valence-electron chi connectivity index (χ3n) is 1.69. The largest absolute Gasteiger partial charge is 0.399 e. The van der Waals surface area contributed by atoms with Gasteiger partial charge < -0.3 is 9.74 Å². The molecule has 4 heteroatoms.